The summed E-state index contributed by atoms with van der Waals surface area (Å²) in [6.07, 6.45) is 2.47. The maximum atomic E-state index is 5.59. The van der Waals surface area contributed by atoms with Crippen molar-refractivity contribution in [2.75, 3.05) is 19.5 Å². The Kier molecular flexibility index (Phi) is 4.15. The quantitative estimate of drug-likeness (QED) is 0.878. The van der Waals surface area contributed by atoms with Crippen molar-refractivity contribution in [2.45, 2.75) is 6.42 Å². The van der Waals surface area contributed by atoms with Crippen molar-refractivity contribution < 1.29 is 9.47 Å². The van der Waals surface area contributed by atoms with E-state index < -0.39 is 0 Å². The average molecular weight is 244 g/mol. The molecule has 94 valence electrons. The van der Waals surface area contributed by atoms with Crippen molar-refractivity contribution in [3.63, 3.8) is 0 Å². The van der Waals surface area contributed by atoms with Crippen LogP contribution in [0.3, 0.4) is 0 Å². The number of anilines is 1. The van der Waals surface area contributed by atoms with Crippen molar-refractivity contribution in [2.24, 2.45) is 0 Å². The third-order valence-electron chi connectivity index (χ3n) is 2.50. The van der Waals surface area contributed by atoms with E-state index in [2.05, 4.69) is 4.98 Å². The highest BCUT2D eigenvalue weighted by molar-refractivity contribution is 5.37. The van der Waals surface area contributed by atoms with Crippen molar-refractivity contribution in [3.05, 3.63) is 48.2 Å². The monoisotopic (exact) mass is 244 g/mol. The first kappa shape index (κ1) is 12.4. The summed E-state index contributed by atoms with van der Waals surface area (Å²) in [5.41, 5.74) is 7.40. The van der Waals surface area contributed by atoms with Crippen LogP contribution in [-0.2, 0) is 11.2 Å². The molecule has 2 N–H and O–H groups in total. The first-order chi connectivity index (χ1) is 8.78. The van der Waals surface area contributed by atoms with E-state index >= 15 is 0 Å². The van der Waals surface area contributed by atoms with Crippen LogP contribution in [0.1, 0.15) is 5.56 Å². The molecule has 0 unspecified atom stereocenters. The molecule has 1 aromatic heterocycles. The number of nitrogens with two attached hydrogens (primary N) is 1. The van der Waals surface area contributed by atoms with Crippen LogP contribution in [0.5, 0.6) is 11.6 Å². The molecule has 4 nitrogen and oxygen atoms in total. The lowest BCUT2D eigenvalue weighted by atomic mass is 10.1. The van der Waals surface area contributed by atoms with Crippen LogP contribution in [0.15, 0.2) is 42.6 Å². The van der Waals surface area contributed by atoms with Crippen LogP contribution < -0.4 is 10.5 Å². The Balaban J connectivity index is 1.99. The number of pyridine rings is 1. The maximum absolute atomic E-state index is 5.59. The smallest absolute Gasteiger partial charge is 0.219 e. The summed E-state index contributed by atoms with van der Waals surface area (Å²) in [6.45, 7) is 0.722. The van der Waals surface area contributed by atoms with Crippen LogP contribution in [0.25, 0.3) is 0 Å². The SMILES string of the molecule is COCCc1ccc(Oc2ccc(N)cn2)cc1. The molecular weight excluding hydrogens is 228 g/mol. The fraction of sp³-hybridized carbons (Fsp3) is 0.214. The Labute approximate surface area is 106 Å². The van der Waals surface area contributed by atoms with Crippen LogP contribution in [0.2, 0.25) is 0 Å². The normalized spacial score (nSPS) is 10.3. The molecule has 0 saturated carbocycles. The van der Waals surface area contributed by atoms with Crippen molar-refractivity contribution in [1.82, 2.24) is 4.98 Å². The fourth-order valence-electron chi connectivity index (χ4n) is 1.52. The van der Waals surface area contributed by atoms with Gasteiger partial charge in [-0.05, 0) is 30.2 Å². The summed E-state index contributed by atoms with van der Waals surface area (Å²) < 4.78 is 10.6. The number of aromatic nitrogens is 1. The van der Waals surface area contributed by atoms with Crippen LogP contribution in [0.4, 0.5) is 5.69 Å². The number of rotatable bonds is 5. The molecule has 0 bridgehead atoms. The highest BCUT2D eigenvalue weighted by atomic mass is 16.5. The molecule has 0 amide bonds. The van der Waals surface area contributed by atoms with E-state index in [1.165, 1.54) is 5.56 Å². The predicted molar refractivity (Wildman–Crippen MR) is 70.7 cm³/mol. The van der Waals surface area contributed by atoms with Gasteiger partial charge in [-0.25, -0.2) is 4.98 Å². The third-order valence-corrected chi connectivity index (χ3v) is 2.50. The molecule has 0 aliphatic rings. The van der Waals surface area contributed by atoms with E-state index in [1.54, 1.807) is 25.4 Å². The van der Waals surface area contributed by atoms with Gasteiger partial charge in [0.1, 0.15) is 5.75 Å². The van der Waals surface area contributed by atoms with Gasteiger partial charge >= 0.3 is 0 Å². The Bertz CT molecular complexity index is 480. The van der Waals surface area contributed by atoms with E-state index in [-0.39, 0.29) is 0 Å². The number of hydrogen-bond donors (Lipinski definition) is 1. The number of nitrogens with zero attached hydrogens (tertiary/aromatic N) is 1. The molecule has 0 atom stereocenters. The number of ether oxygens (including phenoxy) is 2. The molecule has 0 aliphatic carbocycles. The minimum atomic E-state index is 0.536. The third kappa shape index (κ3) is 3.46. The molecule has 0 saturated heterocycles. The second kappa shape index (κ2) is 6.02. The molecule has 0 fully saturated rings. The van der Waals surface area contributed by atoms with Crippen LogP contribution in [-0.4, -0.2) is 18.7 Å². The standard InChI is InChI=1S/C14H16N2O2/c1-17-9-8-11-2-5-13(6-3-11)18-14-7-4-12(15)10-16-14/h2-7,10H,8-9,15H2,1H3. The van der Waals surface area contributed by atoms with Crippen LogP contribution in [0, 0.1) is 0 Å². The van der Waals surface area contributed by atoms with Crippen molar-refractivity contribution in [3.8, 4) is 11.6 Å². The molecule has 4 heteroatoms. The zero-order chi connectivity index (χ0) is 12.8. The molecule has 18 heavy (non-hydrogen) atoms. The largest absolute Gasteiger partial charge is 0.439 e. The highest BCUT2D eigenvalue weighted by Crippen LogP contribution is 2.20. The lowest BCUT2D eigenvalue weighted by Gasteiger charge is -2.06. The average Bonchev–Trinajstić information content (AvgIpc) is 2.41. The summed E-state index contributed by atoms with van der Waals surface area (Å²) in [5, 5.41) is 0. The van der Waals surface area contributed by atoms with Gasteiger partial charge in [-0.15, -0.1) is 0 Å². The first-order valence-corrected chi connectivity index (χ1v) is 5.75. The minimum absolute atomic E-state index is 0.536. The zero-order valence-electron chi connectivity index (χ0n) is 10.3. The van der Waals surface area contributed by atoms with E-state index in [0.717, 1.165) is 18.8 Å². The number of hydrogen-bond acceptors (Lipinski definition) is 4. The van der Waals surface area contributed by atoms with Gasteiger partial charge in [0.2, 0.25) is 5.88 Å². The van der Waals surface area contributed by atoms with Gasteiger partial charge < -0.3 is 15.2 Å². The van der Waals surface area contributed by atoms with Gasteiger partial charge in [0.25, 0.3) is 0 Å². The number of benzene rings is 1. The van der Waals surface area contributed by atoms with Crippen molar-refractivity contribution in [1.29, 1.82) is 0 Å². The molecule has 2 rings (SSSR count). The Hall–Kier alpha value is -2.07. The summed E-state index contributed by atoms with van der Waals surface area (Å²) in [4.78, 5) is 4.08. The fourth-order valence-corrected chi connectivity index (χ4v) is 1.52. The van der Waals surface area contributed by atoms with Gasteiger partial charge in [0, 0.05) is 13.2 Å². The number of nitrogen functional groups attached to an aromatic ring is 1. The summed E-state index contributed by atoms with van der Waals surface area (Å²) >= 11 is 0. The van der Waals surface area contributed by atoms with Gasteiger partial charge in [0.15, 0.2) is 0 Å². The maximum Gasteiger partial charge on any atom is 0.219 e. The number of methoxy groups -OCH3 is 1. The molecular formula is C14H16N2O2. The van der Waals surface area contributed by atoms with E-state index in [1.807, 2.05) is 24.3 Å². The lowest BCUT2D eigenvalue weighted by Crippen LogP contribution is -1.94. The molecule has 2 aromatic rings. The second-order valence-electron chi connectivity index (χ2n) is 3.92. The molecule has 0 aliphatic heterocycles. The van der Waals surface area contributed by atoms with E-state index in [9.17, 15) is 0 Å². The van der Waals surface area contributed by atoms with Gasteiger partial charge in [0.05, 0.1) is 18.5 Å². The topological polar surface area (TPSA) is 57.4 Å². The Morgan fingerprint density at radius 1 is 1.11 bits per heavy atom. The molecule has 1 aromatic carbocycles. The van der Waals surface area contributed by atoms with Gasteiger partial charge in [-0.1, -0.05) is 12.1 Å². The second-order valence-corrected chi connectivity index (χ2v) is 3.92. The highest BCUT2D eigenvalue weighted by Gasteiger charge is 1.99. The van der Waals surface area contributed by atoms with Crippen LogP contribution >= 0.6 is 0 Å². The van der Waals surface area contributed by atoms with Gasteiger partial charge in [-0.2, -0.15) is 0 Å². The summed E-state index contributed by atoms with van der Waals surface area (Å²) in [7, 11) is 1.70. The first-order valence-electron chi connectivity index (χ1n) is 5.75. The molecule has 0 spiro atoms. The van der Waals surface area contributed by atoms with Crippen molar-refractivity contribution >= 4 is 5.69 Å². The molecule has 1 heterocycles. The van der Waals surface area contributed by atoms with E-state index in [4.69, 9.17) is 15.2 Å². The van der Waals surface area contributed by atoms with Gasteiger partial charge in [-0.3, -0.25) is 0 Å². The molecule has 0 radical (unpaired) electrons. The Morgan fingerprint density at radius 3 is 2.50 bits per heavy atom. The van der Waals surface area contributed by atoms with E-state index in [0.29, 0.717) is 11.6 Å². The zero-order valence-corrected chi connectivity index (χ0v) is 10.3. The summed E-state index contributed by atoms with van der Waals surface area (Å²) in [6, 6.07) is 11.4. The lowest BCUT2D eigenvalue weighted by molar-refractivity contribution is 0.202. The minimum Gasteiger partial charge on any atom is -0.439 e. The Morgan fingerprint density at radius 2 is 1.89 bits per heavy atom. The predicted octanol–water partition coefficient (Wildman–Crippen LogP) is 2.65. The summed E-state index contributed by atoms with van der Waals surface area (Å²) in [5.74, 6) is 1.29.